The Labute approximate surface area is 123 Å². The topological polar surface area (TPSA) is 44.1 Å². The normalized spacial score (nSPS) is 10.9. The number of halogens is 1. The molecule has 0 saturated carbocycles. The highest BCUT2D eigenvalue weighted by Gasteiger charge is 2.10. The Morgan fingerprint density at radius 1 is 1.40 bits per heavy atom. The molecule has 0 amide bonds. The van der Waals surface area contributed by atoms with E-state index in [1.807, 2.05) is 31.2 Å². The maximum atomic E-state index is 11.4. The Morgan fingerprint density at radius 2 is 2.20 bits per heavy atom. The van der Waals surface area contributed by atoms with E-state index < -0.39 is 0 Å². The zero-order valence-electron chi connectivity index (χ0n) is 11.6. The van der Waals surface area contributed by atoms with Crippen LogP contribution in [-0.4, -0.2) is 28.0 Å². The molecule has 1 aromatic carbocycles. The van der Waals surface area contributed by atoms with E-state index in [1.165, 1.54) is 0 Å². The number of alkyl halides is 1. The third-order valence-corrected chi connectivity index (χ3v) is 3.31. The minimum atomic E-state index is -0.143. The van der Waals surface area contributed by atoms with Crippen LogP contribution in [-0.2, 0) is 22.5 Å². The van der Waals surface area contributed by atoms with Gasteiger partial charge in [0, 0.05) is 25.3 Å². The van der Waals surface area contributed by atoms with Crippen molar-refractivity contribution in [1.29, 1.82) is 0 Å². The molecule has 0 aliphatic heterocycles. The molecule has 0 saturated heterocycles. The number of esters is 1. The summed E-state index contributed by atoms with van der Waals surface area (Å²) in [7, 11) is 0. The average molecular weight is 295 g/mol. The number of hydrogen-bond donors (Lipinski definition) is 0. The Morgan fingerprint density at radius 3 is 2.95 bits per heavy atom. The maximum Gasteiger partial charge on any atom is 0.305 e. The van der Waals surface area contributed by atoms with Crippen LogP contribution in [0.25, 0.3) is 11.0 Å². The molecule has 0 fully saturated rings. The lowest BCUT2D eigenvalue weighted by Gasteiger charge is -2.08. The van der Waals surface area contributed by atoms with Crippen LogP contribution in [0.5, 0.6) is 0 Å². The van der Waals surface area contributed by atoms with Gasteiger partial charge in [0.1, 0.15) is 5.82 Å². The molecule has 4 nitrogen and oxygen atoms in total. The molecule has 2 aromatic rings. The van der Waals surface area contributed by atoms with Crippen LogP contribution in [0.2, 0.25) is 0 Å². The summed E-state index contributed by atoms with van der Waals surface area (Å²) >= 11 is 5.83. The quantitative estimate of drug-likeness (QED) is 0.582. The molecule has 0 unspecified atom stereocenters. The number of carbonyl (C=O) groups excluding carboxylic acids is 1. The molecule has 108 valence electrons. The van der Waals surface area contributed by atoms with Gasteiger partial charge in [-0.05, 0) is 25.5 Å². The van der Waals surface area contributed by atoms with Crippen molar-refractivity contribution in [2.45, 2.75) is 32.7 Å². The molecule has 20 heavy (non-hydrogen) atoms. The van der Waals surface area contributed by atoms with Crippen LogP contribution < -0.4 is 0 Å². The van der Waals surface area contributed by atoms with E-state index in [-0.39, 0.29) is 5.97 Å². The minimum absolute atomic E-state index is 0.143. The second kappa shape index (κ2) is 7.29. The molecule has 0 N–H and O–H groups in total. The van der Waals surface area contributed by atoms with E-state index >= 15 is 0 Å². The number of fused-ring (bicyclic) bond motifs is 1. The molecule has 2 rings (SSSR count). The number of carbonyl (C=O) groups is 1. The zero-order valence-corrected chi connectivity index (χ0v) is 12.4. The lowest BCUT2D eigenvalue weighted by atomic mass is 10.3. The van der Waals surface area contributed by atoms with Crippen molar-refractivity contribution >= 4 is 28.6 Å². The largest absolute Gasteiger partial charge is 0.466 e. The van der Waals surface area contributed by atoms with Gasteiger partial charge in [0.2, 0.25) is 0 Å². The number of nitrogens with zero attached hydrogens (tertiary/aromatic N) is 2. The van der Waals surface area contributed by atoms with Crippen LogP contribution in [0.3, 0.4) is 0 Å². The van der Waals surface area contributed by atoms with Crippen LogP contribution >= 0.6 is 11.6 Å². The smallest absolute Gasteiger partial charge is 0.305 e. The van der Waals surface area contributed by atoms with Gasteiger partial charge in [0.05, 0.1) is 17.6 Å². The average Bonchev–Trinajstić information content (AvgIpc) is 2.78. The maximum absolute atomic E-state index is 11.4. The van der Waals surface area contributed by atoms with Crippen LogP contribution in [0.1, 0.15) is 25.6 Å². The first-order chi connectivity index (χ1) is 9.76. The van der Waals surface area contributed by atoms with Crippen molar-refractivity contribution in [1.82, 2.24) is 9.55 Å². The minimum Gasteiger partial charge on any atom is -0.466 e. The number of benzene rings is 1. The summed E-state index contributed by atoms with van der Waals surface area (Å²) in [4.78, 5) is 16.0. The number of ether oxygens (including phenoxy) is 1. The van der Waals surface area contributed by atoms with Gasteiger partial charge in [-0.1, -0.05) is 12.1 Å². The fourth-order valence-electron chi connectivity index (χ4n) is 2.26. The van der Waals surface area contributed by atoms with Gasteiger partial charge in [0.25, 0.3) is 0 Å². The van der Waals surface area contributed by atoms with Crippen molar-refractivity contribution in [2.24, 2.45) is 0 Å². The van der Waals surface area contributed by atoms with Crippen LogP contribution in [0.4, 0.5) is 0 Å². The highest BCUT2D eigenvalue weighted by atomic mass is 35.5. The predicted octanol–water partition coefficient (Wildman–Crippen LogP) is 3.16. The van der Waals surface area contributed by atoms with Gasteiger partial charge in [-0.2, -0.15) is 0 Å². The van der Waals surface area contributed by atoms with Gasteiger partial charge in [-0.3, -0.25) is 4.79 Å². The van der Waals surface area contributed by atoms with Gasteiger partial charge in [-0.25, -0.2) is 4.98 Å². The second-order valence-electron chi connectivity index (χ2n) is 4.52. The molecule has 0 bridgehead atoms. The lowest BCUT2D eigenvalue weighted by Crippen LogP contribution is -2.08. The summed E-state index contributed by atoms with van der Waals surface area (Å²) in [5.74, 6) is 1.38. The van der Waals surface area contributed by atoms with Crippen LogP contribution in [0, 0.1) is 0 Å². The summed E-state index contributed by atoms with van der Waals surface area (Å²) in [5.41, 5.74) is 2.07. The standard InChI is InChI=1S/C15H19ClN2O2/c1-2-20-15(19)8-5-11-18-13-7-4-3-6-12(13)17-14(18)9-10-16/h3-4,6-7H,2,5,8-11H2,1H3. The highest BCUT2D eigenvalue weighted by molar-refractivity contribution is 6.17. The van der Waals surface area contributed by atoms with E-state index in [9.17, 15) is 4.79 Å². The summed E-state index contributed by atoms with van der Waals surface area (Å²) in [5, 5.41) is 0. The number of aromatic nitrogens is 2. The molecular formula is C15H19ClN2O2. The number of rotatable bonds is 7. The first-order valence-electron chi connectivity index (χ1n) is 6.92. The van der Waals surface area contributed by atoms with E-state index in [1.54, 1.807) is 0 Å². The fraction of sp³-hybridized carbons (Fsp3) is 0.467. The van der Waals surface area contributed by atoms with Gasteiger partial charge < -0.3 is 9.30 Å². The first-order valence-corrected chi connectivity index (χ1v) is 7.45. The van der Waals surface area contributed by atoms with Gasteiger partial charge >= 0.3 is 5.97 Å². The highest BCUT2D eigenvalue weighted by Crippen LogP contribution is 2.17. The second-order valence-corrected chi connectivity index (χ2v) is 4.89. The Balaban J connectivity index is 2.10. The molecule has 0 aliphatic rings. The third-order valence-electron chi connectivity index (χ3n) is 3.12. The molecular weight excluding hydrogens is 276 g/mol. The molecule has 5 heteroatoms. The van der Waals surface area contributed by atoms with Crippen LogP contribution in [0.15, 0.2) is 24.3 Å². The van der Waals surface area contributed by atoms with E-state index in [0.29, 0.717) is 18.9 Å². The molecule has 0 spiro atoms. The van der Waals surface area contributed by atoms with Crippen molar-refractivity contribution in [3.05, 3.63) is 30.1 Å². The molecule has 0 aliphatic carbocycles. The SMILES string of the molecule is CCOC(=O)CCCn1c(CCCl)nc2ccccc21. The molecule has 1 heterocycles. The lowest BCUT2D eigenvalue weighted by molar-refractivity contribution is -0.143. The van der Waals surface area contributed by atoms with Crippen molar-refractivity contribution in [2.75, 3.05) is 12.5 Å². The van der Waals surface area contributed by atoms with E-state index in [2.05, 4.69) is 9.55 Å². The Bertz CT molecular complexity index is 580. The van der Waals surface area contributed by atoms with Crippen molar-refractivity contribution < 1.29 is 9.53 Å². The number of imidazole rings is 1. The van der Waals surface area contributed by atoms with E-state index in [4.69, 9.17) is 16.3 Å². The molecule has 0 radical (unpaired) electrons. The summed E-state index contributed by atoms with van der Waals surface area (Å²) in [6, 6.07) is 8.01. The Hall–Kier alpha value is -1.55. The van der Waals surface area contributed by atoms with Crippen molar-refractivity contribution in [3.8, 4) is 0 Å². The fourth-order valence-corrected chi connectivity index (χ4v) is 2.43. The monoisotopic (exact) mass is 294 g/mol. The summed E-state index contributed by atoms with van der Waals surface area (Å²) in [6.45, 7) is 3.01. The number of para-hydroxylation sites is 2. The van der Waals surface area contributed by atoms with E-state index in [0.717, 1.165) is 36.2 Å². The van der Waals surface area contributed by atoms with Gasteiger partial charge in [-0.15, -0.1) is 11.6 Å². The zero-order chi connectivity index (χ0) is 14.4. The van der Waals surface area contributed by atoms with Crippen molar-refractivity contribution in [3.63, 3.8) is 0 Å². The molecule has 1 aromatic heterocycles. The summed E-state index contributed by atoms with van der Waals surface area (Å²) < 4.78 is 7.09. The van der Waals surface area contributed by atoms with Gasteiger partial charge in [0.15, 0.2) is 0 Å². The summed E-state index contributed by atoms with van der Waals surface area (Å²) in [6.07, 6.45) is 1.91. The molecule has 0 atom stereocenters. The Kier molecular flexibility index (Phi) is 5.41. The predicted molar refractivity (Wildman–Crippen MR) is 80.0 cm³/mol. The number of aryl methyl sites for hydroxylation is 2. The number of hydrogen-bond acceptors (Lipinski definition) is 3. The third kappa shape index (κ3) is 3.51. The first kappa shape index (κ1) is 14.9.